The van der Waals surface area contributed by atoms with Crippen LogP contribution in [0.4, 0.5) is 0 Å². The van der Waals surface area contributed by atoms with Gasteiger partial charge >= 0.3 is 0 Å². The highest BCUT2D eigenvalue weighted by atomic mass is 28.3. The predicted octanol–water partition coefficient (Wildman–Crippen LogP) is 2.91. The normalized spacial score (nSPS) is 13.5. The van der Waals surface area contributed by atoms with Gasteiger partial charge in [0.1, 0.15) is 21.0 Å². The molecule has 0 aromatic heterocycles. The van der Waals surface area contributed by atoms with E-state index >= 15 is 0 Å². The third kappa shape index (κ3) is 7.23. The summed E-state index contributed by atoms with van der Waals surface area (Å²) in [5, 5.41) is 0. The van der Waals surface area contributed by atoms with Gasteiger partial charge in [-0.05, 0) is 0 Å². The largest absolute Gasteiger partial charge is 0.359 e. The molecule has 0 aromatic rings. The molecule has 0 aliphatic carbocycles. The molecule has 0 N–H and O–H groups in total. The molecule has 3 heteroatoms. The van der Waals surface area contributed by atoms with Gasteiger partial charge in [0.2, 0.25) is 0 Å². The Bertz CT molecular complexity index is 323. The SMILES string of the molecule is C#CCC(C)(C)[C@@H](C#C[Si](C)(C)C)OCOC. The van der Waals surface area contributed by atoms with Crippen LogP contribution in [0.2, 0.25) is 19.6 Å². The molecule has 0 unspecified atom stereocenters. The second-order valence-corrected chi connectivity index (χ2v) is 10.6. The second kappa shape index (κ2) is 6.86. The van der Waals surface area contributed by atoms with Crippen molar-refractivity contribution in [1.29, 1.82) is 0 Å². The van der Waals surface area contributed by atoms with Gasteiger partial charge in [0.15, 0.2) is 0 Å². The highest BCUT2D eigenvalue weighted by molar-refractivity contribution is 6.83. The van der Waals surface area contributed by atoms with Crippen molar-refractivity contribution in [3.05, 3.63) is 0 Å². The molecule has 0 bridgehead atoms. The lowest BCUT2D eigenvalue weighted by Gasteiger charge is -2.29. The number of terminal acetylenes is 1. The molecule has 0 heterocycles. The van der Waals surface area contributed by atoms with Crippen molar-refractivity contribution in [2.75, 3.05) is 13.9 Å². The van der Waals surface area contributed by atoms with Crippen molar-refractivity contribution >= 4 is 8.07 Å². The summed E-state index contributed by atoms with van der Waals surface area (Å²) in [4.78, 5) is 0. The highest BCUT2D eigenvalue weighted by Gasteiger charge is 2.28. The van der Waals surface area contributed by atoms with Crippen molar-refractivity contribution in [2.45, 2.75) is 46.0 Å². The van der Waals surface area contributed by atoms with Crippen molar-refractivity contribution in [3.8, 4) is 23.8 Å². The first-order chi connectivity index (χ1) is 7.73. The Morgan fingerprint density at radius 3 is 2.29 bits per heavy atom. The second-order valence-electron chi connectivity index (χ2n) is 5.84. The van der Waals surface area contributed by atoms with Crippen LogP contribution in [-0.2, 0) is 9.47 Å². The first kappa shape index (κ1) is 16.3. The Morgan fingerprint density at radius 1 is 1.29 bits per heavy atom. The molecular formula is C14H24O2Si. The zero-order chi connectivity index (χ0) is 13.5. The van der Waals surface area contributed by atoms with Gasteiger partial charge in [0.05, 0.1) is 0 Å². The lowest BCUT2D eigenvalue weighted by molar-refractivity contribution is -0.0861. The standard InChI is InChI=1S/C14H24O2Si/c1-8-10-14(2,3)13(16-12-15-4)9-11-17(5,6)7/h1,13H,10,12H2,2-7H3/t13-/m1/s1. The minimum Gasteiger partial charge on any atom is -0.359 e. The molecule has 0 amide bonds. The molecule has 96 valence electrons. The topological polar surface area (TPSA) is 18.5 Å². The van der Waals surface area contributed by atoms with E-state index in [0.29, 0.717) is 6.42 Å². The maximum atomic E-state index is 5.63. The monoisotopic (exact) mass is 252 g/mol. The summed E-state index contributed by atoms with van der Waals surface area (Å²) in [5.41, 5.74) is 3.18. The number of methoxy groups -OCH3 is 1. The van der Waals surface area contributed by atoms with Gasteiger partial charge in [-0.1, -0.05) is 39.4 Å². The third-order valence-electron chi connectivity index (χ3n) is 2.20. The molecule has 0 rings (SSSR count). The lowest BCUT2D eigenvalue weighted by Crippen LogP contribution is -2.32. The fourth-order valence-electron chi connectivity index (χ4n) is 1.24. The third-order valence-corrected chi connectivity index (χ3v) is 3.09. The maximum Gasteiger partial charge on any atom is 0.148 e. The molecule has 0 radical (unpaired) electrons. The van der Waals surface area contributed by atoms with E-state index in [1.807, 2.05) is 0 Å². The van der Waals surface area contributed by atoms with E-state index in [9.17, 15) is 0 Å². The van der Waals surface area contributed by atoms with Gasteiger partial charge in [-0.25, -0.2) is 0 Å². The van der Waals surface area contributed by atoms with Crippen LogP contribution in [0, 0.1) is 29.2 Å². The van der Waals surface area contributed by atoms with Crippen molar-refractivity contribution < 1.29 is 9.47 Å². The molecule has 17 heavy (non-hydrogen) atoms. The van der Waals surface area contributed by atoms with Crippen LogP contribution in [0.15, 0.2) is 0 Å². The molecular weight excluding hydrogens is 228 g/mol. The first-order valence-electron chi connectivity index (χ1n) is 5.79. The fourth-order valence-corrected chi connectivity index (χ4v) is 1.80. The summed E-state index contributed by atoms with van der Waals surface area (Å²) in [5.74, 6) is 5.92. The highest BCUT2D eigenvalue weighted by Crippen LogP contribution is 2.27. The van der Waals surface area contributed by atoms with Crippen LogP contribution in [0.5, 0.6) is 0 Å². The van der Waals surface area contributed by atoms with Gasteiger partial charge in [-0.3, -0.25) is 0 Å². The zero-order valence-corrected chi connectivity index (χ0v) is 12.9. The average Bonchev–Trinajstić information content (AvgIpc) is 2.15. The first-order valence-corrected chi connectivity index (χ1v) is 9.29. The summed E-state index contributed by atoms with van der Waals surface area (Å²) < 4.78 is 10.6. The van der Waals surface area contributed by atoms with E-state index in [4.69, 9.17) is 15.9 Å². The van der Waals surface area contributed by atoms with Crippen molar-refractivity contribution in [2.24, 2.45) is 5.41 Å². The summed E-state index contributed by atoms with van der Waals surface area (Å²) in [6.45, 7) is 11.0. The summed E-state index contributed by atoms with van der Waals surface area (Å²) in [6, 6.07) is 0. The van der Waals surface area contributed by atoms with Crippen LogP contribution in [0.1, 0.15) is 20.3 Å². The number of hydrogen-bond acceptors (Lipinski definition) is 2. The molecule has 2 nitrogen and oxygen atoms in total. The molecule has 0 saturated carbocycles. The molecule has 0 fully saturated rings. The minimum absolute atomic E-state index is 0.153. The van der Waals surface area contributed by atoms with E-state index in [1.165, 1.54) is 0 Å². The van der Waals surface area contributed by atoms with Gasteiger partial charge in [-0.15, -0.1) is 17.9 Å². The van der Waals surface area contributed by atoms with Gasteiger partial charge in [0.25, 0.3) is 0 Å². The van der Waals surface area contributed by atoms with Crippen LogP contribution in [0.25, 0.3) is 0 Å². The van der Waals surface area contributed by atoms with Crippen LogP contribution in [-0.4, -0.2) is 28.1 Å². The smallest absolute Gasteiger partial charge is 0.148 e. The number of ether oxygens (including phenoxy) is 2. The van der Waals surface area contributed by atoms with Gasteiger partial charge < -0.3 is 9.47 Å². The summed E-state index contributed by atoms with van der Waals surface area (Å²) in [7, 11) is 0.214. The Labute approximate surface area is 107 Å². The zero-order valence-electron chi connectivity index (χ0n) is 11.9. The van der Waals surface area contributed by atoms with Gasteiger partial charge in [-0.2, -0.15) is 0 Å². The summed E-state index contributed by atoms with van der Waals surface area (Å²) >= 11 is 0. The fraction of sp³-hybridized carbons (Fsp3) is 0.714. The Balaban J connectivity index is 4.87. The van der Waals surface area contributed by atoms with Crippen molar-refractivity contribution in [3.63, 3.8) is 0 Å². The molecule has 0 spiro atoms. The van der Waals surface area contributed by atoms with E-state index < -0.39 is 8.07 Å². The molecule has 0 aliphatic heterocycles. The molecule has 0 aromatic carbocycles. The predicted molar refractivity (Wildman–Crippen MR) is 75.1 cm³/mol. The molecule has 0 saturated heterocycles. The van der Waals surface area contributed by atoms with Crippen molar-refractivity contribution in [1.82, 2.24) is 0 Å². The average molecular weight is 252 g/mol. The number of rotatable bonds is 5. The van der Waals surface area contributed by atoms with E-state index in [-0.39, 0.29) is 18.3 Å². The van der Waals surface area contributed by atoms with E-state index in [1.54, 1.807) is 7.11 Å². The quantitative estimate of drug-likeness (QED) is 0.425. The Hall–Kier alpha value is -0.743. The minimum atomic E-state index is -1.39. The maximum absolute atomic E-state index is 5.63. The Kier molecular flexibility index (Phi) is 6.56. The van der Waals surface area contributed by atoms with E-state index in [2.05, 4.69) is 50.9 Å². The van der Waals surface area contributed by atoms with E-state index in [0.717, 1.165) is 0 Å². The van der Waals surface area contributed by atoms with Crippen LogP contribution in [0.3, 0.4) is 0 Å². The number of hydrogen-bond donors (Lipinski definition) is 0. The molecule has 1 atom stereocenters. The van der Waals surface area contributed by atoms with Crippen LogP contribution < -0.4 is 0 Å². The van der Waals surface area contributed by atoms with Crippen LogP contribution >= 0.6 is 0 Å². The Morgan fingerprint density at radius 2 is 1.88 bits per heavy atom. The molecule has 0 aliphatic rings. The van der Waals surface area contributed by atoms with Gasteiger partial charge in [0, 0.05) is 18.9 Å². The summed E-state index contributed by atoms with van der Waals surface area (Å²) in [6.07, 6.45) is 5.85. The lowest BCUT2D eigenvalue weighted by atomic mass is 9.84.